The number of nitrogens with one attached hydrogen (secondary N) is 1. The van der Waals surface area contributed by atoms with Gasteiger partial charge in [-0.1, -0.05) is 26.2 Å². The number of amides is 1. The number of terminal acetylenes is 1. The Kier molecular flexibility index (Phi) is 6.26. The van der Waals surface area contributed by atoms with Crippen LogP contribution in [0.25, 0.3) is 0 Å². The Morgan fingerprint density at radius 1 is 1.16 bits per heavy atom. The second-order valence-corrected chi connectivity index (χ2v) is 8.31. The van der Waals surface area contributed by atoms with Crippen molar-refractivity contribution >= 4 is 15.9 Å². The van der Waals surface area contributed by atoms with Crippen LogP contribution in [-0.2, 0) is 10.0 Å². The topological polar surface area (TPSA) is 66.5 Å². The molecule has 0 saturated carbocycles. The van der Waals surface area contributed by atoms with Crippen LogP contribution in [0.1, 0.15) is 56.3 Å². The Hall–Kier alpha value is -1.84. The van der Waals surface area contributed by atoms with E-state index in [4.69, 9.17) is 6.42 Å². The standard InChI is InChI=1S/C19H26N2O3S/c1-4-19(5-2,6-3)20-18(22)16-10-12-17(13-11-16)25(23,24)21-14-8-7-9-15-21/h1,10-13H,5-9,14-15H2,2-3H3,(H,20,22). The van der Waals surface area contributed by atoms with Crippen LogP contribution in [0, 0.1) is 12.3 Å². The SMILES string of the molecule is C#CC(CC)(CC)NC(=O)c1ccc(S(=O)(=O)N2CCCCC2)cc1. The van der Waals surface area contributed by atoms with Crippen molar-refractivity contribution in [3.8, 4) is 12.3 Å². The van der Waals surface area contributed by atoms with Crippen molar-refractivity contribution in [3.05, 3.63) is 29.8 Å². The zero-order valence-electron chi connectivity index (χ0n) is 14.9. The highest BCUT2D eigenvalue weighted by Gasteiger charge is 2.28. The zero-order chi connectivity index (χ0) is 18.5. The molecule has 0 bridgehead atoms. The first-order valence-corrected chi connectivity index (χ1v) is 10.2. The van der Waals surface area contributed by atoms with Gasteiger partial charge in [0, 0.05) is 18.7 Å². The van der Waals surface area contributed by atoms with Crippen LogP contribution in [-0.4, -0.2) is 37.3 Å². The minimum atomic E-state index is -3.48. The molecule has 1 aromatic rings. The average Bonchev–Trinajstić information content (AvgIpc) is 2.67. The van der Waals surface area contributed by atoms with Crippen molar-refractivity contribution in [1.29, 1.82) is 0 Å². The first kappa shape index (κ1) is 19.5. The van der Waals surface area contributed by atoms with E-state index in [1.165, 1.54) is 16.4 Å². The predicted molar refractivity (Wildman–Crippen MR) is 98.7 cm³/mol. The molecule has 1 N–H and O–H groups in total. The van der Waals surface area contributed by atoms with E-state index in [1.54, 1.807) is 12.1 Å². The monoisotopic (exact) mass is 362 g/mol. The summed E-state index contributed by atoms with van der Waals surface area (Å²) < 4.78 is 26.8. The van der Waals surface area contributed by atoms with Gasteiger partial charge in [0.15, 0.2) is 0 Å². The first-order chi connectivity index (χ1) is 11.9. The molecular weight excluding hydrogens is 336 g/mol. The maximum absolute atomic E-state index is 12.6. The number of piperidine rings is 1. The van der Waals surface area contributed by atoms with Crippen molar-refractivity contribution in [1.82, 2.24) is 9.62 Å². The molecule has 0 aromatic heterocycles. The number of sulfonamides is 1. The van der Waals surface area contributed by atoms with Crippen LogP contribution in [0.2, 0.25) is 0 Å². The van der Waals surface area contributed by atoms with Crippen LogP contribution in [0.3, 0.4) is 0 Å². The van der Waals surface area contributed by atoms with Gasteiger partial charge in [-0.2, -0.15) is 4.31 Å². The summed E-state index contributed by atoms with van der Waals surface area (Å²) in [5.74, 6) is 2.37. The van der Waals surface area contributed by atoms with Crippen molar-refractivity contribution in [3.63, 3.8) is 0 Å². The molecule has 1 aliphatic heterocycles. The van der Waals surface area contributed by atoms with Crippen LogP contribution < -0.4 is 5.32 Å². The van der Waals surface area contributed by atoms with Crippen LogP contribution in [0.4, 0.5) is 0 Å². The number of benzene rings is 1. The van der Waals surface area contributed by atoms with Gasteiger partial charge in [-0.25, -0.2) is 8.42 Å². The number of carbonyl (C=O) groups is 1. The Bertz CT molecular complexity index is 738. The Balaban J connectivity index is 2.16. The highest BCUT2D eigenvalue weighted by Crippen LogP contribution is 2.21. The van der Waals surface area contributed by atoms with Gasteiger partial charge >= 0.3 is 0 Å². The largest absolute Gasteiger partial charge is 0.336 e. The molecule has 0 radical (unpaired) electrons. The third-order valence-corrected chi connectivity index (χ3v) is 6.82. The van der Waals surface area contributed by atoms with Crippen molar-refractivity contribution < 1.29 is 13.2 Å². The summed E-state index contributed by atoms with van der Waals surface area (Å²) in [5, 5.41) is 2.88. The summed E-state index contributed by atoms with van der Waals surface area (Å²) in [6, 6.07) is 6.07. The molecule has 136 valence electrons. The molecule has 0 atom stereocenters. The fourth-order valence-electron chi connectivity index (χ4n) is 2.99. The number of hydrogen-bond donors (Lipinski definition) is 1. The van der Waals surface area contributed by atoms with Gasteiger partial charge in [-0.15, -0.1) is 6.42 Å². The van der Waals surface area contributed by atoms with E-state index in [-0.39, 0.29) is 10.8 Å². The molecule has 1 fully saturated rings. The lowest BCUT2D eigenvalue weighted by atomic mass is 9.93. The molecule has 0 aliphatic carbocycles. The van der Waals surface area contributed by atoms with Crippen LogP contribution in [0.5, 0.6) is 0 Å². The lowest BCUT2D eigenvalue weighted by Crippen LogP contribution is -2.46. The molecule has 25 heavy (non-hydrogen) atoms. The van der Waals surface area contributed by atoms with Gasteiger partial charge in [0.2, 0.25) is 10.0 Å². The molecule has 1 saturated heterocycles. The molecule has 2 rings (SSSR count). The highest BCUT2D eigenvalue weighted by atomic mass is 32.2. The molecule has 6 heteroatoms. The zero-order valence-corrected chi connectivity index (χ0v) is 15.7. The predicted octanol–water partition coefficient (Wildman–Crippen LogP) is 2.78. The summed E-state index contributed by atoms with van der Waals surface area (Å²) in [7, 11) is -3.48. The van der Waals surface area contributed by atoms with Crippen molar-refractivity contribution in [2.75, 3.05) is 13.1 Å². The molecule has 0 spiro atoms. The summed E-state index contributed by atoms with van der Waals surface area (Å²) in [5.41, 5.74) is -0.269. The van der Waals surface area contributed by atoms with E-state index in [0.717, 1.165) is 19.3 Å². The Labute approximate surface area is 150 Å². The van der Waals surface area contributed by atoms with E-state index in [0.29, 0.717) is 31.5 Å². The lowest BCUT2D eigenvalue weighted by molar-refractivity contribution is 0.0916. The summed E-state index contributed by atoms with van der Waals surface area (Å²) in [6.45, 7) is 4.97. The molecule has 0 unspecified atom stereocenters. The summed E-state index contributed by atoms with van der Waals surface area (Å²) >= 11 is 0. The summed E-state index contributed by atoms with van der Waals surface area (Å²) in [6.07, 6.45) is 9.68. The molecule has 1 amide bonds. The van der Waals surface area contributed by atoms with Gasteiger partial charge in [0.05, 0.1) is 4.90 Å². The number of hydrogen-bond acceptors (Lipinski definition) is 3. The molecule has 1 aliphatic rings. The van der Waals surface area contributed by atoms with E-state index in [9.17, 15) is 13.2 Å². The third kappa shape index (κ3) is 4.23. The smallest absolute Gasteiger partial charge is 0.252 e. The average molecular weight is 362 g/mol. The normalized spacial score (nSPS) is 16.2. The van der Waals surface area contributed by atoms with Gasteiger partial charge in [0.25, 0.3) is 5.91 Å². The van der Waals surface area contributed by atoms with Crippen molar-refractivity contribution in [2.24, 2.45) is 0 Å². The van der Waals surface area contributed by atoms with Gasteiger partial charge in [-0.3, -0.25) is 4.79 Å². The van der Waals surface area contributed by atoms with E-state index in [2.05, 4.69) is 11.2 Å². The van der Waals surface area contributed by atoms with E-state index in [1.807, 2.05) is 13.8 Å². The Morgan fingerprint density at radius 3 is 2.20 bits per heavy atom. The molecular formula is C19H26N2O3S. The number of rotatable bonds is 6. The number of nitrogens with zero attached hydrogens (tertiary/aromatic N) is 1. The first-order valence-electron chi connectivity index (χ1n) is 8.79. The van der Waals surface area contributed by atoms with Crippen LogP contribution >= 0.6 is 0 Å². The van der Waals surface area contributed by atoms with Crippen LogP contribution in [0.15, 0.2) is 29.2 Å². The fourth-order valence-corrected chi connectivity index (χ4v) is 4.51. The summed E-state index contributed by atoms with van der Waals surface area (Å²) in [4.78, 5) is 12.7. The second-order valence-electron chi connectivity index (χ2n) is 6.38. The maximum Gasteiger partial charge on any atom is 0.252 e. The number of carbonyl (C=O) groups excluding carboxylic acids is 1. The lowest BCUT2D eigenvalue weighted by Gasteiger charge is -2.27. The third-order valence-electron chi connectivity index (χ3n) is 4.91. The quantitative estimate of drug-likeness (QED) is 0.792. The van der Waals surface area contributed by atoms with Gasteiger partial charge < -0.3 is 5.32 Å². The molecule has 1 heterocycles. The maximum atomic E-state index is 12.6. The minimum absolute atomic E-state index is 0.222. The van der Waals surface area contributed by atoms with Gasteiger partial charge in [-0.05, 0) is 49.9 Å². The van der Waals surface area contributed by atoms with Crippen molar-refractivity contribution in [2.45, 2.75) is 56.4 Å². The minimum Gasteiger partial charge on any atom is -0.336 e. The fraction of sp³-hybridized carbons (Fsp3) is 0.526. The Morgan fingerprint density at radius 2 is 1.72 bits per heavy atom. The highest BCUT2D eigenvalue weighted by molar-refractivity contribution is 7.89. The van der Waals surface area contributed by atoms with E-state index < -0.39 is 15.6 Å². The van der Waals surface area contributed by atoms with E-state index >= 15 is 0 Å². The second kappa shape index (κ2) is 8.03. The molecule has 5 nitrogen and oxygen atoms in total. The van der Waals surface area contributed by atoms with Gasteiger partial charge in [0.1, 0.15) is 5.54 Å². The molecule has 1 aromatic carbocycles.